The summed E-state index contributed by atoms with van der Waals surface area (Å²) in [5.74, 6) is 0.505. The molecule has 1 saturated heterocycles. The van der Waals surface area contributed by atoms with E-state index in [2.05, 4.69) is 25.9 Å². The van der Waals surface area contributed by atoms with Crippen molar-refractivity contribution in [1.29, 1.82) is 0 Å². The number of nitrogens with zero attached hydrogens (tertiary/aromatic N) is 4. The van der Waals surface area contributed by atoms with Gasteiger partial charge in [-0.1, -0.05) is 11.8 Å². The fourth-order valence-electron chi connectivity index (χ4n) is 1.35. The molecule has 2 rings (SSSR count). The first-order chi connectivity index (χ1) is 7.36. The number of carbonyl (C=O) groups is 1. The Kier molecular flexibility index (Phi) is 3.51. The van der Waals surface area contributed by atoms with Gasteiger partial charge in [-0.15, -0.1) is 10.2 Å². The molecule has 1 amide bonds. The predicted octanol–water partition coefficient (Wildman–Crippen LogP) is -1.28. The smallest absolute Gasteiger partial charge is 0.233 e. The van der Waals surface area contributed by atoms with Crippen LogP contribution in [0.15, 0.2) is 5.16 Å². The molecule has 8 heteroatoms. The first-order valence-electron chi connectivity index (χ1n) is 4.71. The van der Waals surface area contributed by atoms with Crippen LogP contribution in [0.4, 0.5) is 0 Å². The van der Waals surface area contributed by atoms with Gasteiger partial charge in [-0.3, -0.25) is 4.79 Å². The SMILES string of the molecule is O=C(CSc1nn[nH]n1)N1CCNCC1. The van der Waals surface area contributed by atoms with Crippen LogP contribution in [0.2, 0.25) is 0 Å². The number of piperazine rings is 1. The quantitative estimate of drug-likeness (QED) is 0.627. The molecule has 0 unspecified atom stereocenters. The van der Waals surface area contributed by atoms with E-state index in [0.29, 0.717) is 10.9 Å². The van der Waals surface area contributed by atoms with Gasteiger partial charge in [-0.25, -0.2) is 0 Å². The van der Waals surface area contributed by atoms with E-state index in [4.69, 9.17) is 0 Å². The maximum absolute atomic E-state index is 11.7. The van der Waals surface area contributed by atoms with Gasteiger partial charge in [-0.2, -0.15) is 5.21 Å². The highest BCUT2D eigenvalue weighted by molar-refractivity contribution is 7.99. The number of hydrogen-bond donors (Lipinski definition) is 2. The van der Waals surface area contributed by atoms with Gasteiger partial charge in [0.2, 0.25) is 11.1 Å². The summed E-state index contributed by atoms with van der Waals surface area (Å²) in [5, 5.41) is 17.0. The molecular formula is C7H12N6OS. The molecule has 15 heavy (non-hydrogen) atoms. The zero-order valence-corrected chi connectivity index (χ0v) is 8.96. The molecule has 2 N–H and O–H groups in total. The van der Waals surface area contributed by atoms with Crippen LogP contribution in [0, 0.1) is 0 Å². The lowest BCUT2D eigenvalue weighted by atomic mass is 10.3. The van der Waals surface area contributed by atoms with E-state index in [1.165, 1.54) is 11.8 Å². The highest BCUT2D eigenvalue weighted by Crippen LogP contribution is 2.10. The van der Waals surface area contributed by atoms with Gasteiger partial charge in [0.05, 0.1) is 5.75 Å². The monoisotopic (exact) mass is 228 g/mol. The normalized spacial score (nSPS) is 16.7. The van der Waals surface area contributed by atoms with Gasteiger partial charge >= 0.3 is 0 Å². The predicted molar refractivity (Wildman–Crippen MR) is 54.4 cm³/mol. The summed E-state index contributed by atoms with van der Waals surface area (Å²) in [6.07, 6.45) is 0. The maximum Gasteiger partial charge on any atom is 0.233 e. The van der Waals surface area contributed by atoms with Crippen LogP contribution >= 0.6 is 11.8 Å². The fourth-order valence-corrected chi connectivity index (χ4v) is 1.98. The van der Waals surface area contributed by atoms with Crippen molar-refractivity contribution in [2.75, 3.05) is 31.9 Å². The third-order valence-electron chi connectivity index (χ3n) is 2.12. The minimum atomic E-state index is 0.131. The zero-order valence-electron chi connectivity index (χ0n) is 8.14. The first kappa shape index (κ1) is 10.4. The van der Waals surface area contributed by atoms with E-state index in [-0.39, 0.29) is 5.91 Å². The topological polar surface area (TPSA) is 86.8 Å². The van der Waals surface area contributed by atoms with Gasteiger partial charge in [0.25, 0.3) is 0 Å². The molecule has 0 atom stereocenters. The average Bonchev–Trinajstić information content (AvgIpc) is 2.80. The minimum absolute atomic E-state index is 0.131. The Labute approximate surface area is 91.0 Å². The number of amides is 1. The number of aromatic amines is 1. The number of aromatic nitrogens is 4. The second kappa shape index (κ2) is 5.08. The zero-order chi connectivity index (χ0) is 10.5. The lowest BCUT2D eigenvalue weighted by molar-refractivity contribution is -0.128. The number of nitrogens with one attached hydrogen (secondary N) is 2. The number of rotatable bonds is 3. The Morgan fingerprint density at radius 1 is 1.47 bits per heavy atom. The molecule has 1 aromatic rings. The largest absolute Gasteiger partial charge is 0.339 e. The van der Waals surface area contributed by atoms with Crippen LogP contribution in [0.5, 0.6) is 0 Å². The van der Waals surface area contributed by atoms with Crippen LogP contribution in [0.1, 0.15) is 0 Å². The van der Waals surface area contributed by atoms with E-state index < -0.39 is 0 Å². The Balaban J connectivity index is 1.76. The molecule has 1 aromatic heterocycles. The fraction of sp³-hybridized carbons (Fsp3) is 0.714. The molecule has 2 heterocycles. The molecule has 0 spiro atoms. The van der Waals surface area contributed by atoms with E-state index in [9.17, 15) is 4.79 Å². The molecule has 7 nitrogen and oxygen atoms in total. The van der Waals surface area contributed by atoms with Crippen molar-refractivity contribution in [3.8, 4) is 0 Å². The Bertz CT molecular complexity index is 309. The summed E-state index contributed by atoms with van der Waals surface area (Å²) in [7, 11) is 0. The Morgan fingerprint density at radius 2 is 2.27 bits per heavy atom. The molecular weight excluding hydrogens is 216 g/mol. The molecule has 0 bridgehead atoms. The van der Waals surface area contributed by atoms with E-state index in [1.807, 2.05) is 4.90 Å². The van der Waals surface area contributed by atoms with Crippen molar-refractivity contribution in [3.63, 3.8) is 0 Å². The van der Waals surface area contributed by atoms with Crippen LogP contribution < -0.4 is 5.32 Å². The van der Waals surface area contributed by atoms with Gasteiger partial charge < -0.3 is 10.2 Å². The number of thioether (sulfide) groups is 1. The lowest BCUT2D eigenvalue weighted by Crippen LogP contribution is -2.47. The van der Waals surface area contributed by atoms with E-state index in [1.54, 1.807) is 0 Å². The summed E-state index contributed by atoms with van der Waals surface area (Å²) in [5.41, 5.74) is 0. The van der Waals surface area contributed by atoms with Crippen LogP contribution in [-0.2, 0) is 4.79 Å². The standard InChI is InChI=1S/C7H12N6OS/c14-6(13-3-1-8-2-4-13)5-15-7-9-11-12-10-7/h8H,1-5H2,(H,9,10,11,12). The lowest BCUT2D eigenvalue weighted by Gasteiger charge is -2.27. The maximum atomic E-state index is 11.7. The molecule has 0 saturated carbocycles. The van der Waals surface area contributed by atoms with Crippen LogP contribution in [0.3, 0.4) is 0 Å². The Morgan fingerprint density at radius 3 is 2.93 bits per heavy atom. The van der Waals surface area contributed by atoms with Gasteiger partial charge in [0.15, 0.2) is 0 Å². The van der Waals surface area contributed by atoms with Gasteiger partial charge in [-0.05, 0) is 5.21 Å². The molecule has 0 aromatic carbocycles. The first-order valence-corrected chi connectivity index (χ1v) is 5.69. The molecule has 1 fully saturated rings. The third kappa shape index (κ3) is 2.90. The van der Waals surface area contributed by atoms with E-state index in [0.717, 1.165) is 26.2 Å². The summed E-state index contributed by atoms with van der Waals surface area (Å²) >= 11 is 1.30. The molecule has 0 aliphatic carbocycles. The van der Waals surface area contributed by atoms with E-state index >= 15 is 0 Å². The van der Waals surface area contributed by atoms with Crippen LogP contribution in [0.25, 0.3) is 0 Å². The summed E-state index contributed by atoms with van der Waals surface area (Å²) in [4.78, 5) is 13.5. The highest BCUT2D eigenvalue weighted by atomic mass is 32.2. The van der Waals surface area contributed by atoms with Crippen molar-refractivity contribution < 1.29 is 4.79 Å². The van der Waals surface area contributed by atoms with Crippen molar-refractivity contribution in [2.45, 2.75) is 5.16 Å². The number of H-pyrrole nitrogens is 1. The molecule has 0 radical (unpaired) electrons. The molecule has 1 aliphatic rings. The molecule has 1 aliphatic heterocycles. The van der Waals surface area contributed by atoms with Crippen LogP contribution in [-0.4, -0.2) is 63.4 Å². The highest BCUT2D eigenvalue weighted by Gasteiger charge is 2.16. The van der Waals surface area contributed by atoms with Crippen molar-refractivity contribution in [1.82, 2.24) is 30.8 Å². The van der Waals surface area contributed by atoms with Crippen molar-refractivity contribution >= 4 is 17.7 Å². The Hall–Kier alpha value is -1.15. The summed E-state index contributed by atoms with van der Waals surface area (Å²) in [6, 6.07) is 0. The summed E-state index contributed by atoms with van der Waals surface area (Å²) in [6.45, 7) is 3.31. The van der Waals surface area contributed by atoms with Gasteiger partial charge in [0.1, 0.15) is 0 Å². The number of hydrogen-bond acceptors (Lipinski definition) is 6. The van der Waals surface area contributed by atoms with Crippen molar-refractivity contribution in [2.24, 2.45) is 0 Å². The third-order valence-corrected chi connectivity index (χ3v) is 2.94. The molecule has 82 valence electrons. The second-order valence-corrected chi connectivity index (χ2v) is 4.06. The number of tetrazole rings is 1. The average molecular weight is 228 g/mol. The summed E-state index contributed by atoms with van der Waals surface area (Å²) < 4.78 is 0. The minimum Gasteiger partial charge on any atom is -0.339 e. The van der Waals surface area contributed by atoms with Gasteiger partial charge in [0, 0.05) is 26.2 Å². The number of carbonyl (C=O) groups excluding carboxylic acids is 1. The second-order valence-electron chi connectivity index (χ2n) is 3.11. The van der Waals surface area contributed by atoms with Crippen molar-refractivity contribution in [3.05, 3.63) is 0 Å².